The van der Waals surface area contributed by atoms with Crippen LogP contribution < -0.4 is 11.0 Å². The maximum atomic E-state index is 11.2. The average Bonchev–Trinajstić information content (AvgIpc) is 2.67. The van der Waals surface area contributed by atoms with Crippen molar-refractivity contribution in [3.05, 3.63) is 72.2 Å². The van der Waals surface area contributed by atoms with Gasteiger partial charge in [0.25, 0.3) is 0 Å². The quantitative estimate of drug-likeness (QED) is 0.195. The molecule has 0 spiro atoms. The van der Waals surface area contributed by atoms with Crippen LogP contribution in [0.3, 0.4) is 0 Å². The molecule has 6 N–H and O–H groups in total. The van der Waals surface area contributed by atoms with Crippen LogP contribution in [-0.2, 0) is 9.59 Å². The van der Waals surface area contributed by atoms with Crippen LogP contribution in [0.5, 0.6) is 0 Å². The number of hydroxylamine groups is 2. The van der Waals surface area contributed by atoms with Crippen LogP contribution in [-0.4, -0.2) is 90.1 Å². The molecule has 0 atom stereocenters. The molecule has 0 aliphatic heterocycles. The van der Waals surface area contributed by atoms with Crippen molar-refractivity contribution in [3.8, 4) is 0 Å². The number of hydrogen-bond donors (Lipinski definition) is 4. The molecule has 0 unspecified atom stereocenters. The van der Waals surface area contributed by atoms with Gasteiger partial charge in [-0.2, -0.15) is 0 Å². The number of allylic oxidation sites excluding steroid dienone is 10. The van der Waals surface area contributed by atoms with E-state index in [4.69, 9.17) is 10.4 Å². The van der Waals surface area contributed by atoms with E-state index in [1.165, 1.54) is 24.6 Å². The fraction of sp³-hybridized carbons (Fsp3) is 0.300. The van der Waals surface area contributed by atoms with Crippen molar-refractivity contribution < 1.29 is 28.3 Å². The zero-order chi connectivity index (χ0) is 23.8. The van der Waals surface area contributed by atoms with E-state index < -0.39 is 20.3 Å². The second-order valence-corrected chi connectivity index (χ2v) is 16.2. The van der Waals surface area contributed by atoms with Gasteiger partial charge in [0.05, 0.1) is 0 Å². The number of hydrogen-bond acceptors (Lipinski definition) is 6. The van der Waals surface area contributed by atoms with Crippen molar-refractivity contribution >= 4 is 74.2 Å². The molecule has 5 radical (unpaired) electrons. The Kier molecular flexibility index (Phi) is 36.2. The van der Waals surface area contributed by atoms with Crippen LogP contribution in [0, 0.1) is 0 Å². The minimum atomic E-state index is -2.04. The van der Waals surface area contributed by atoms with Crippen LogP contribution in [0.25, 0.3) is 0 Å². The third-order valence-electron chi connectivity index (χ3n) is 2.28. The van der Waals surface area contributed by atoms with Crippen molar-refractivity contribution in [3.63, 3.8) is 0 Å². The summed E-state index contributed by atoms with van der Waals surface area (Å²) >= 11 is -1.58. The number of nitrogens with one attached hydrogen (secondary N) is 2. The molecule has 11 heteroatoms. The van der Waals surface area contributed by atoms with Crippen molar-refractivity contribution in [2.75, 3.05) is 0 Å². The van der Waals surface area contributed by atoms with Crippen molar-refractivity contribution in [1.82, 2.24) is 11.0 Å². The van der Waals surface area contributed by atoms with Gasteiger partial charge in [0.15, 0.2) is 11.6 Å². The molecule has 2 rings (SSSR count). The van der Waals surface area contributed by atoms with Gasteiger partial charge in [0.2, 0.25) is 0 Å². The zero-order valence-electron chi connectivity index (χ0n) is 18.9. The molecule has 0 saturated heterocycles. The summed E-state index contributed by atoms with van der Waals surface area (Å²) in [4.78, 5) is 34.2. The Bertz CT molecular complexity index is 592. The summed E-state index contributed by atoms with van der Waals surface area (Å²) in [7, 11) is 0. The molecule has 0 aromatic heterocycles. The Morgan fingerprint density at radius 2 is 1.00 bits per heavy atom. The van der Waals surface area contributed by atoms with Crippen LogP contribution in [0.1, 0.15) is 0 Å². The summed E-state index contributed by atoms with van der Waals surface area (Å²) < 4.78 is 11.2. The van der Waals surface area contributed by atoms with Crippen molar-refractivity contribution in [2.45, 2.75) is 29.6 Å². The molecule has 0 heterocycles. The van der Waals surface area contributed by atoms with Gasteiger partial charge in [0.1, 0.15) is 0 Å². The summed E-state index contributed by atoms with van der Waals surface area (Å²) in [6, 6.07) is 0. The van der Waals surface area contributed by atoms with E-state index in [0.29, 0.717) is 11.1 Å². The van der Waals surface area contributed by atoms with E-state index in [1.807, 2.05) is 0 Å². The van der Waals surface area contributed by atoms with E-state index >= 15 is 0 Å². The Morgan fingerprint density at radius 1 is 0.774 bits per heavy atom. The molecule has 0 saturated carbocycles. The minimum absolute atomic E-state index is 0. The predicted octanol–water partition coefficient (Wildman–Crippen LogP) is 3.04. The van der Waals surface area contributed by atoms with Gasteiger partial charge in [-0.05, 0) is 24.3 Å². The first-order chi connectivity index (χ1) is 14.2. The molecule has 0 aromatic carbocycles. The van der Waals surface area contributed by atoms with Gasteiger partial charge < -0.3 is 5.48 Å². The molecule has 2 aliphatic carbocycles. The predicted molar refractivity (Wildman–Crippen MR) is 130 cm³/mol. The van der Waals surface area contributed by atoms with Crippen LogP contribution in [0.15, 0.2) is 72.2 Å². The fourth-order valence-electron chi connectivity index (χ4n) is 1.34. The molecule has 7 nitrogen and oxygen atoms in total. The van der Waals surface area contributed by atoms with E-state index in [1.54, 1.807) is 57.3 Å². The Balaban J connectivity index is -0.000000163. The molecule has 0 amide bonds. The molecule has 0 bridgehead atoms. The summed E-state index contributed by atoms with van der Waals surface area (Å²) in [5.74, 6) is -0.215. The molecule has 2 aliphatic rings. The van der Waals surface area contributed by atoms with E-state index in [-0.39, 0.29) is 59.3 Å². The summed E-state index contributed by atoms with van der Waals surface area (Å²) in [6.45, 7) is 0. The molecular formula is C20H34FN2O5Sn3. The van der Waals surface area contributed by atoms with Gasteiger partial charge in [-0.1, -0.05) is 24.3 Å². The first-order valence-electron chi connectivity index (χ1n) is 8.85. The van der Waals surface area contributed by atoms with Gasteiger partial charge in [-0.25, -0.2) is 0 Å². The first-order valence-corrected chi connectivity index (χ1v) is 27.1. The molecule has 31 heavy (non-hydrogen) atoms. The molecule has 173 valence electrons. The van der Waals surface area contributed by atoms with E-state index in [2.05, 4.69) is 19.8 Å². The number of ketones is 2. The van der Waals surface area contributed by atoms with Crippen molar-refractivity contribution in [1.29, 1.82) is 0 Å². The number of halogens is 1. The van der Waals surface area contributed by atoms with Gasteiger partial charge >= 0.3 is 95.1 Å². The Labute approximate surface area is 213 Å². The zero-order valence-corrected chi connectivity index (χ0v) is 27.4. The van der Waals surface area contributed by atoms with Gasteiger partial charge in [-0.15, -0.1) is 0 Å². The first kappa shape index (κ1) is 37.9. The second kappa shape index (κ2) is 29.6. The van der Waals surface area contributed by atoms with Crippen LogP contribution in [0.4, 0.5) is 2.87 Å². The number of carbonyl (C=O) groups excluding carboxylic acids is 2. The third-order valence-corrected chi connectivity index (χ3v) is 2.28. The standard InChI is InChI=1S/2C7H7NO2.6CH3.FH.H2O.3Sn/c2*9-7-4-2-1-3-6(7)5-8-10;;;;;;;;;;;/h2*1-5,8,10H;6*1H3;1H;1H2;;;/q;;;;;;;;;;;;+1/p-1. The fourth-order valence-corrected chi connectivity index (χ4v) is 1.34. The maximum absolute atomic E-state index is 11.2. The third kappa shape index (κ3) is 29.6. The summed E-state index contributed by atoms with van der Waals surface area (Å²) in [5.41, 5.74) is 4.50. The normalized spacial score (nSPS) is 15.3. The van der Waals surface area contributed by atoms with Crippen LogP contribution in [0.2, 0.25) is 29.6 Å². The Hall–Kier alpha value is -0.414. The molecule has 0 aromatic rings. The van der Waals surface area contributed by atoms with Crippen LogP contribution >= 0.6 is 0 Å². The van der Waals surface area contributed by atoms with E-state index in [0.717, 1.165) is 0 Å². The van der Waals surface area contributed by atoms with Crippen molar-refractivity contribution in [2.24, 2.45) is 0 Å². The summed E-state index contributed by atoms with van der Waals surface area (Å²) in [5, 5.41) is 16.4. The Morgan fingerprint density at radius 3 is 1.19 bits per heavy atom. The molecular weight excluding hydrogens is 723 g/mol. The number of carbonyl (C=O) groups is 2. The average molecular weight is 758 g/mol. The van der Waals surface area contributed by atoms with Gasteiger partial charge in [0, 0.05) is 23.5 Å². The van der Waals surface area contributed by atoms with E-state index in [9.17, 15) is 12.5 Å². The molecule has 0 fully saturated rings. The topological polar surface area (TPSA) is 130 Å². The number of rotatable bonds is 2. The monoisotopic (exact) mass is 761 g/mol. The van der Waals surface area contributed by atoms with Gasteiger partial charge in [-0.3, -0.25) is 31.0 Å². The SMILES string of the molecule is O.O=C1C=CC=CC1=CNO.O=C1C=CC=CC1=CNO.[CH3][Sn]([CH3])[F].[CH3][Sn][CH3].[CH3][Sn][CH3]. The summed E-state index contributed by atoms with van der Waals surface area (Å²) in [6.07, 6.45) is 15.3. The second-order valence-electron chi connectivity index (χ2n) is 5.50.